The van der Waals surface area contributed by atoms with E-state index in [1.54, 1.807) is 6.33 Å². The lowest BCUT2D eigenvalue weighted by Crippen LogP contribution is -2.26. The van der Waals surface area contributed by atoms with E-state index in [1.165, 1.54) is 6.42 Å². The molecule has 15 heavy (non-hydrogen) atoms. The number of hydrogen-bond donors (Lipinski definition) is 2. The van der Waals surface area contributed by atoms with E-state index in [9.17, 15) is 5.11 Å². The Hall–Kier alpha value is -1.16. The summed E-state index contributed by atoms with van der Waals surface area (Å²) in [5.41, 5.74) is 0.964. The summed E-state index contributed by atoms with van der Waals surface area (Å²) in [7, 11) is 0. The van der Waals surface area contributed by atoms with E-state index in [0.29, 0.717) is 12.0 Å². The Morgan fingerprint density at radius 2 is 2.33 bits per heavy atom. The highest BCUT2D eigenvalue weighted by molar-refractivity contribution is 5.36. The number of nitrogens with zero attached hydrogens (tertiary/aromatic N) is 2. The number of aliphatic hydroxyl groups is 1. The van der Waals surface area contributed by atoms with Crippen molar-refractivity contribution in [3.63, 3.8) is 0 Å². The average molecular weight is 207 g/mol. The first kappa shape index (κ1) is 10.4. The third-order valence-corrected chi connectivity index (χ3v) is 3.03. The van der Waals surface area contributed by atoms with Gasteiger partial charge in [0, 0.05) is 30.3 Å². The van der Waals surface area contributed by atoms with Gasteiger partial charge in [-0.2, -0.15) is 0 Å². The molecule has 1 saturated carbocycles. The zero-order valence-electron chi connectivity index (χ0n) is 8.98. The van der Waals surface area contributed by atoms with E-state index in [0.717, 1.165) is 24.4 Å². The molecule has 1 heterocycles. The van der Waals surface area contributed by atoms with Crippen LogP contribution in [0.5, 0.6) is 0 Å². The highest BCUT2D eigenvalue weighted by Crippen LogP contribution is 2.27. The van der Waals surface area contributed by atoms with Crippen molar-refractivity contribution in [3.8, 4) is 0 Å². The zero-order valence-corrected chi connectivity index (χ0v) is 8.98. The van der Waals surface area contributed by atoms with Crippen LogP contribution in [0.2, 0.25) is 0 Å². The maximum Gasteiger partial charge on any atom is 0.129 e. The van der Waals surface area contributed by atoms with Crippen LogP contribution < -0.4 is 5.32 Å². The number of aliphatic hydroxyl groups excluding tert-OH is 1. The molecule has 0 aliphatic heterocycles. The molecule has 4 nitrogen and oxygen atoms in total. The van der Waals surface area contributed by atoms with Gasteiger partial charge in [0.05, 0.1) is 0 Å². The van der Waals surface area contributed by atoms with Crippen molar-refractivity contribution in [1.82, 2.24) is 9.97 Å². The Morgan fingerprint density at radius 3 is 3.07 bits per heavy atom. The van der Waals surface area contributed by atoms with Gasteiger partial charge in [-0.05, 0) is 19.8 Å². The summed E-state index contributed by atoms with van der Waals surface area (Å²) in [6.07, 6.45) is 4.99. The fraction of sp³-hybridized carbons (Fsp3) is 0.636. The molecular weight excluding hydrogens is 190 g/mol. The average Bonchev–Trinajstić information content (AvgIpc) is 2.65. The van der Waals surface area contributed by atoms with Gasteiger partial charge in [-0.15, -0.1) is 0 Å². The third-order valence-electron chi connectivity index (χ3n) is 3.03. The van der Waals surface area contributed by atoms with Crippen molar-refractivity contribution in [2.24, 2.45) is 5.92 Å². The molecule has 0 bridgehead atoms. The monoisotopic (exact) mass is 207 g/mol. The summed E-state index contributed by atoms with van der Waals surface area (Å²) in [4.78, 5) is 8.22. The van der Waals surface area contributed by atoms with E-state index < -0.39 is 0 Å². The van der Waals surface area contributed by atoms with Gasteiger partial charge in [0.15, 0.2) is 0 Å². The smallest absolute Gasteiger partial charge is 0.129 e. The summed E-state index contributed by atoms with van der Waals surface area (Å²) < 4.78 is 0. The van der Waals surface area contributed by atoms with Gasteiger partial charge in [-0.25, -0.2) is 9.97 Å². The van der Waals surface area contributed by atoms with Gasteiger partial charge < -0.3 is 10.4 Å². The third kappa shape index (κ3) is 2.45. The number of aromatic nitrogens is 2. The molecule has 1 fully saturated rings. The SMILES string of the molecule is Cc1cc(NC2CCCC2CO)ncn1. The minimum atomic E-state index is 0.266. The molecule has 0 saturated heterocycles. The van der Waals surface area contributed by atoms with Crippen molar-refractivity contribution in [1.29, 1.82) is 0 Å². The summed E-state index contributed by atoms with van der Waals surface area (Å²) >= 11 is 0. The lowest BCUT2D eigenvalue weighted by molar-refractivity contribution is 0.222. The number of anilines is 1. The van der Waals surface area contributed by atoms with Gasteiger partial charge in [-0.1, -0.05) is 6.42 Å². The Kier molecular flexibility index (Phi) is 3.16. The van der Waals surface area contributed by atoms with Crippen LogP contribution in [0.1, 0.15) is 25.0 Å². The van der Waals surface area contributed by atoms with Crippen LogP contribution in [0, 0.1) is 12.8 Å². The Balaban J connectivity index is 2.02. The van der Waals surface area contributed by atoms with Gasteiger partial charge in [0.2, 0.25) is 0 Å². The van der Waals surface area contributed by atoms with Gasteiger partial charge >= 0.3 is 0 Å². The van der Waals surface area contributed by atoms with E-state index in [1.807, 2.05) is 13.0 Å². The van der Waals surface area contributed by atoms with Gasteiger partial charge in [-0.3, -0.25) is 0 Å². The van der Waals surface area contributed by atoms with Crippen molar-refractivity contribution in [2.75, 3.05) is 11.9 Å². The first-order valence-electron chi connectivity index (χ1n) is 5.45. The topological polar surface area (TPSA) is 58.0 Å². The van der Waals surface area contributed by atoms with Crippen LogP contribution in [0.4, 0.5) is 5.82 Å². The summed E-state index contributed by atoms with van der Waals surface area (Å²) in [6.45, 7) is 2.22. The van der Waals surface area contributed by atoms with E-state index in [2.05, 4.69) is 15.3 Å². The molecular formula is C11H17N3O. The minimum absolute atomic E-state index is 0.266. The fourth-order valence-corrected chi connectivity index (χ4v) is 2.17. The van der Waals surface area contributed by atoms with Gasteiger partial charge in [0.1, 0.15) is 12.1 Å². The molecule has 82 valence electrons. The summed E-state index contributed by atoms with van der Waals surface area (Å²) in [5, 5.41) is 12.6. The zero-order chi connectivity index (χ0) is 10.7. The maximum atomic E-state index is 9.20. The van der Waals surface area contributed by atoms with E-state index in [4.69, 9.17) is 0 Å². The fourth-order valence-electron chi connectivity index (χ4n) is 2.17. The van der Waals surface area contributed by atoms with E-state index >= 15 is 0 Å². The molecule has 0 aromatic carbocycles. The number of aryl methyl sites for hydroxylation is 1. The maximum absolute atomic E-state index is 9.20. The van der Waals surface area contributed by atoms with Crippen molar-refractivity contribution in [2.45, 2.75) is 32.2 Å². The number of nitrogens with one attached hydrogen (secondary N) is 1. The minimum Gasteiger partial charge on any atom is -0.396 e. The van der Waals surface area contributed by atoms with Crippen LogP contribution in [-0.4, -0.2) is 27.7 Å². The van der Waals surface area contributed by atoms with Crippen LogP contribution in [0.15, 0.2) is 12.4 Å². The predicted octanol–water partition coefficient (Wildman–Crippen LogP) is 1.36. The van der Waals surface area contributed by atoms with Crippen molar-refractivity contribution in [3.05, 3.63) is 18.1 Å². The number of rotatable bonds is 3. The first-order valence-corrected chi connectivity index (χ1v) is 5.45. The molecule has 1 aliphatic rings. The van der Waals surface area contributed by atoms with Crippen LogP contribution in [0.3, 0.4) is 0 Å². The number of hydrogen-bond acceptors (Lipinski definition) is 4. The van der Waals surface area contributed by atoms with Crippen molar-refractivity contribution >= 4 is 5.82 Å². The highest BCUT2D eigenvalue weighted by atomic mass is 16.3. The molecule has 1 aromatic heterocycles. The molecule has 0 radical (unpaired) electrons. The lowest BCUT2D eigenvalue weighted by atomic mass is 10.1. The summed E-state index contributed by atoms with van der Waals surface area (Å²) in [5.74, 6) is 1.24. The highest BCUT2D eigenvalue weighted by Gasteiger charge is 2.26. The molecule has 2 N–H and O–H groups in total. The normalized spacial score (nSPS) is 25.5. The molecule has 4 heteroatoms. The second kappa shape index (κ2) is 4.57. The van der Waals surface area contributed by atoms with Gasteiger partial charge in [0.25, 0.3) is 0 Å². The largest absolute Gasteiger partial charge is 0.396 e. The van der Waals surface area contributed by atoms with E-state index in [-0.39, 0.29) is 6.61 Å². The molecule has 1 aromatic rings. The van der Waals surface area contributed by atoms with Crippen LogP contribution >= 0.6 is 0 Å². The van der Waals surface area contributed by atoms with Crippen LogP contribution in [-0.2, 0) is 0 Å². The Morgan fingerprint density at radius 1 is 1.47 bits per heavy atom. The first-order chi connectivity index (χ1) is 7.29. The quantitative estimate of drug-likeness (QED) is 0.785. The Labute approximate surface area is 89.8 Å². The predicted molar refractivity (Wildman–Crippen MR) is 58.6 cm³/mol. The second-order valence-corrected chi connectivity index (χ2v) is 4.17. The Bertz CT molecular complexity index is 329. The molecule has 2 rings (SSSR count). The molecule has 0 amide bonds. The molecule has 2 unspecified atom stereocenters. The molecule has 2 atom stereocenters. The molecule has 0 spiro atoms. The standard InChI is InChI=1S/C11H17N3O/c1-8-5-11(13-7-12-8)14-10-4-2-3-9(10)6-15/h5,7,9-10,15H,2-4,6H2,1H3,(H,12,13,14). The van der Waals surface area contributed by atoms with Crippen molar-refractivity contribution < 1.29 is 5.11 Å². The second-order valence-electron chi connectivity index (χ2n) is 4.17. The summed E-state index contributed by atoms with van der Waals surface area (Å²) in [6, 6.07) is 2.30. The van der Waals surface area contributed by atoms with Crippen LogP contribution in [0.25, 0.3) is 0 Å². The molecule has 1 aliphatic carbocycles. The lowest BCUT2D eigenvalue weighted by Gasteiger charge is -2.19.